The van der Waals surface area contributed by atoms with Crippen LogP contribution in [0.5, 0.6) is 0 Å². The number of hydrogen-bond acceptors (Lipinski definition) is 4. The summed E-state index contributed by atoms with van der Waals surface area (Å²) in [6.07, 6.45) is 1.48. The highest BCUT2D eigenvalue weighted by atomic mass is 32.1. The van der Waals surface area contributed by atoms with Crippen molar-refractivity contribution in [2.45, 2.75) is 45.3 Å². The average molecular weight is 284 g/mol. The van der Waals surface area contributed by atoms with E-state index in [0.717, 1.165) is 6.42 Å². The first-order valence-electron chi connectivity index (χ1n) is 6.63. The smallest absolute Gasteiger partial charge is 0.240 e. The second kappa shape index (κ2) is 8.30. The third-order valence-corrected chi connectivity index (χ3v) is 3.85. The molecule has 108 valence electrons. The van der Waals surface area contributed by atoms with Crippen molar-refractivity contribution in [3.05, 3.63) is 22.4 Å². The summed E-state index contributed by atoms with van der Waals surface area (Å²) in [5.74, 6) is 0.0273. The number of nitrogens with two attached hydrogens (primary N) is 1. The molecule has 19 heavy (non-hydrogen) atoms. The fourth-order valence-electron chi connectivity index (χ4n) is 1.87. The molecule has 1 heterocycles. The first-order chi connectivity index (χ1) is 9.06. The summed E-state index contributed by atoms with van der Waals surface area (Å²) in [6.45, 7) is 5.33. The number of carbonyl (C=O) groups is 1. The van der Waals surface area contributed by atoms with Crippen molar-refractivity contribution < 1.29 is 9.53 Å². The lowest BCUT2D eigenvalue weighted by Crippen LogP contribution is -2.46. The minimum absolute atomic E-state index is 0.0273. The summed E-state index contributed by atoms with van der Waals surface area (Å²) in [4.78, 5) is 15.4. The largest absolute Gasteiger partial charge is 0.385 e. The average Bonchev–Trinajstić information content (AvgIpc) is 2.87. The Morgan fingerprint density at radius 3 is 2.79 bits per heavy atom. The zero-order chi connectivity index (χ0) is 14.3. The van der Waals surface area contributed by atoms with E-state index in [9.17, 15) is 4.79 Å². The van der Waals surface area contributed by atoms with Crippen LogP contribution < -0.4 is 5.73 Å². The van der Waals surface area contributed by atoms with Crippen LogP contribution in [0.4, 0.5) is 0 Å². The number of hydrogen-bond donors (Lipinski definition) is 1. The van der Waals surface area contributed by atoms with Crippen LogP contribution in [0.2, 0.25) is 0 Å². The monoisotopic (exact) mass is 284 g/mol. The Balaban J connectivity index is 2.57. The summed E-state index contributed by atoms with van der Waals surface area (Å²) in [5.41, 5.74) is 5.98. The van der Waals surface area contributed by atoms with Gasteiger partial charge < -0.3 is 15.4 Å². The number of methoxy groups -OCH3 is 1. The molecule has 4 nitrogen and oxygen atoms in total. The lowest BCUT2D eigenvalue weighted by molar-refractivity contribution is -0.135. The molecule has 0 aliphatic heterocycles. The van der Waals surface area contributed by atoms with Gasteiger partial charge in [0.2, 0.25) is 5.91 Å². The molecule has 1 aromatic heterocycles. The van der Waals surface area contributed by atoms with Crippen LogP contribution in [0.3, 0.4) is 0 Å². The van der Waals surface area contributed by atoms with Crippen molar-refractivity contribution in [2.75, 3.05) is 13.7 Å². The summed E-state index contributed by atoms with van der Waals surface area (Å²) in [5, 5.41) is 2.02. The molecule has 0 radical (unpaired) electrons. The van der Waals surface area contributed by atoms with Crippen molar-refractivity contribution >= 4 is 17.2 Å². The molecule has 0 saturated heterocycles. The Kier molecular flexibility index (Phi) is 7.05. The van der Waals surface area contributed by atoms with Gasteiger partial charge in [-0.1, -0.05) is 6.07 Å². The van der Waals surface area contributed by atoms with Crippen LogP contribution in [-0.4, -0.2) is 36.6 Å². The Bertz CT molecular complexity index is 366. The summed E-state index contributed by atoms with van der Waals surface area (Å²) < 4.78 is 4.99. The van der Waals surface area contributed by atoms with Gasteiger partial charge in [-0.15, -0.1) is 11.3 Å². The zero-order valence-electron chi connectivity index (χ0n) is 12.0. The van der Waals surface area contributed by atoms with Gasteiger partial charge in [0.05, 0.1) is 12.6 Å². The van der Waals surface area contributed by atoms with E-state index in [-0.39, 0.29) is 11.9 Å². The Labute approximate surface area is 119 Å². The lowest BCUT2D eigenvalue weighted by atomic mass is 10.1. The maximum Gasteiger partial charge on any atom is 0.240 e. The van der Waals surface area contributed by atoms with Crippen molar-refractivity contribution in [1.82, 2.24) is 4.90 Å². The highest BCUT2D eigenvalue weighted by Crippen LogP contribution is 2.15. The molecule has 1 rings (SSSR count). The lowest BCUT2D eigenvalue weighted by Gasteiger charge is -2.29. The van der Waals surface area contributed by atoms with E-state index in [1.54, 1.807) is 18.4 Å². The second-order valence-electron chi connectivity index (χ2n) is 4.88. The van der Waals surface area contributed by atoms with E-state index in [4.69, 9.17) is 10.5 Å². The van der Waals surface area contributed by atoms with Crippen LogP contribution in [-0.2, 0) is 16.1 Å². The number of ether oxygens (including phenoxy) is 1. The fourth-order valence-corrected chi connectivity index (χ4v) is 2.57. The van der Waals surface area contributed by atoms with Crippen LogP contribution in [0.1, 0.15) is 31.6 Å². The third kappa shape index (κ3) is 5.30. The second-order valence-corrected chi connectivity index (χ2v) is 5.91. The van der Waals surface area contributed by atoms with E-state index in [0.29, 0.717) is 19.6 Å². The molecular weight excluding hydrogens is 260 g/mol. The molecule has 0 aliphatic carbocycles. The SMILES string of the molecule is COCCCC(N)C(=O)N(Cc1cccs1)C(C)C. The van der Waals surface area contributed by atoms with Crippen molar-refractivity contribution in [2.24, 2.45) is 5.73 Å². The molecule has 5 heteroatoms. The predicted molar refractivity (Wildman–Crippen MR) is 79.1 cm³/mol. The van der Waals surface area contributed by atoms with Gasteiger partial charge in [0.1, 0.15) is 0 Å². The number of nitrogens with zero attached hydrogens (tertiary/aromatic N) is 1. The van der Waals surface area contributed by atoms with Gasteiger partial charge >= 0.3 is 0 Å². The van der Waals surface area contributed by atoms with Crippen LogP contribution >= 0.6 is 11.3 Å². The fraction of sp³-hybridized carbons (Fsp3) is 0.643. The highest BCUT2D eigenvalue weighted by molar-refractivity contribution is 7.09. The van der Waals surface area contributed by atoms with Crippen molar-refractivity contribution in [1.29, 1.82) is 0 Å². The number of carbonyl (C=O) groups excluding carboxylic acids is 1. The Morgan fingerprint density at radius 2 is 2.26 bits per heavy atom. The first kappa shape index (κ1) is 16.1. The molecule has 0 aliphatic rings. The van der Waals surface area contributed by atoms with Gasteiger partial charge in [-0.3, -0.25) is 4.79 Å². The van der Waals surface area contributed by atoms with Crippen LogP contribution in [0.25, 0.3) is 0 Å². The van der Waals surface area contributed by atoms with Crippen molar-refractivity contribution in [3.8, 4) is 0 Å². The van der Waals surface area contributed by atoms with E-state index < -0.39 is 6.04 Å². The van der Waals surface area contributed by atoms with E-state index >= 15 is 0 Å². The number of rotatable bonds is 8. The maximum absolute atomic E-state index is 12.4. The van der Waals surface area contributed by atoms with Gasteiger partial charge in [0.15, 0.2) is 0 Å². The number of thiophene rings is 1. The molecular formula is C14H24N2O2S. The van der Waals surface area contributed by atoms with Crippen molar-refractivity contribution in [3.63, 3.8) is 0 Å². The predicted octanol–water partition coefficient (Wildman–Crippen LogP) is 2.24. The standard InChI is InChI=1S/C14H24N2O2S/c1-11(2)16(10-12-6-5-9-19-12)14(17)13(15)7-4-8-18-3/h5-6,9,11,13H,4,7-8,10,15H2,1-3H3. The van der Waals surface area contributed by atoms with E-state index in [1.165, 1.54) is 4.88 Å². The molecule has 1 aromatic rings. The van der Waals surface area contributed by atoms with Gasteiger partial charge in [-0.25, -0.2) is 0 Å². The highest BCUT2D eigenvalue weighted by Gasteiger charge is 2.23. The zero-order valence-corrected chi connectivity index (χ0v) is 12.8. The molecule has 1 atom stereocenters. The molecule has 2 N–H and O–H groups in total. The van der Waals surface area contributed by atoms with Gasteiger partial charge in [0.25, 0.3) is 0 Å². The maximum atomic E-state index is 12.4. The number of amides is 1. The summed E-state index contributed by atoms with van der Waals surface area (Å²) in [6, 6.07) is 3.77. The molecule has 1 amide bonds. The first-order valence-corrected chi connectivity index (χ1v) is 7.51. The quantitative estimate of drug-likeness (QED) is 0.745. The topological polar surface area (TPSA) is 55.6 Å². The summed E-state index contributed by atoms with van der Waals surface area (Å²) in [7, 11) is 1.66. The minimum Gasteiger partial charge on any atom is -0.385 e. The molecule has 0 fully saturated rings. The van der Waals surface area contributed by atoms with Crippen LogP contribution in [0.15, 0.2) is 17.5 Å². The van der Waals surface area contributed by atoms with E-state index in [1.807, 2.05) is 36.3 Å². The molecule has 0 spiro atoms. The van der Waals surface area contributed by atoms with Gasteiger partial charge in [0, 0.05) is 24.6 Å². The normalized spacial score (nSPS) is 12.7. The molecule has 0 saturated carbocycles. The molecule has 1 unspecified atom stereocenters. The summed E-state index contributed by atoms with van der Waals surface area (Å²) >= 11 is 1.66. The molecule has 0 aromatic carbocycles. The van der Waals surface area contributed by atoms with Crippen LogP contribution in [0, 0.1) is 0 Å². The van der Waals surface area contributed by atoms with Gasteiger partial charge in [-0.05, 0) is 38.1 Å². The van der Waals surface area contributed by atoms with E-state index in [2.05, 4.69) is 0 Å². The third-order valence-electron chi connectivity index (χ3n) is 2.99. The molecule has 0 bridgehead atoms. The Morgan fingerprint density at radius 1 is 1.53 bits per heavy atom. The minimum atomic E-state index is -0.433. The van der Waals surface area contributed by atoms with Gasteiger partial charge in [-0.2, -0.15) is 0 Å². The Hall–Kier alpha value is -0.910.